The van der Waals surface area contributed by atoms with Crippen LogP contribution in [0.25, 0.3) is 22.4 Å². The summed E-state index contributed by atoms with van der Waals surface area (Å²) >= 11 is 0. The molecule has 4 aromatic rings. The summed E-state index contributed by atoms with van der Waals surface area (Å²) < 4.78 is 11.2. The Balaban J connectivity index is 1.64. The molecule has 0 amide bonds. The van der Waals surface area contributed by atoms with Gasteiger partial charge >= 0.3 is 0 Å². The molecule has 0 unspecified atom stereocenters. The lowest BCUT2D eigenvalue weighted by Gasteiger charge is -2.05. The molecule has 0 saturated heterocycles. The van der Waals surface area contributed by atoms with Crippen molar-refractivity contribution < 1.29 is 9.26 Å². The summed E-state index contributed by atoms with van der Waals surface area (Å²) in [6, 6.07) is 7.71. The summed E-state index contributed by atoms with van der Waals surface area (Å²) in [6.45, 7) is 2.58. The van der Waals surface area contributed by atoms with Crippen LogP contribution in [0.5, 0.6) is 5.75 Å². The summed E-state index contributed by atoms with van der Waals surface area (Å²) in [5, 5.41) is 8.03. The van der Waals surface area contributed by atoms with Gasteiger partial charge < -0.3 is 19.6 Å². The standard InChI is InChI=1S/C18H18N6O2/c1-3-25-14-6-4-5-12-17(14)11(9-20-12)7-16-23-18(24-26-16)13-8-15(19-2)22-10-21-13/h4-6,8-10,20H,3,7H2,1-2H3,(H,19,21,22). The number of hydrogen-bond acceptors (Lipinski definition) is 7. The predicted molar refractivity (Wildman–Crippen MR) is 97.1 cm³/mol. The van der Waals surface area contributed by atoms with E-state index in [1.807, 2.05) is 31.3 Å². The van der Waals surface area contributed by atoms with Crippen molar-refractivity contribution in [3.8, 4) is 17.3 Å². The normalized spacial score (nSPS) is 11.0. The van der Waals surface area contributed by atoms with E-state index in [1.165, 1.54) is 6.33 Å². The van der Waals surface area contributed by atoms with E-state index in [9.17, 15) is 0 Å². The minimum atomic E-state index is 0.434. The monoisotopic (exact) mass is 350 g/mol. The Morgan fingerprint density at radius 1 is 1.27 bits per heavy atom. The van der Waals surface area contributed by atoms with Crippen molar-refractivity contribution in [2.75, 3.05) is 19.0 Å². The molecule has 8 heteroatoms. The van der Waals surface area contributed by atoms with E-state index in [0.29, 0.717) is 36.3 Å². The molecule has 4 rings (SSSR count). The number of ether oxygens (including phenoxy) is 1. The second-order valence-corrected chi connectivity index (χ2v) is 5.65. The van der Waals surface area contributed by atoms with E-state index >= 15 is 0 Å². The quantitative estimate of drug-likeness (QED) is 0.551. The summed E-state index contributed by atoms with van der Waals surface area (Å²) in [5.41, 5.74) is 2.66. The predicted octanol–water partition coefficient (Wildman–Crippen LogP) is 3.04. The summed E-state index contributed by atoms with van der Waals surface area (Å²) in [4.78, 5) is 16.0. The highest BCUT2D eigenvalue weighted by atomic mass is 16.5. The molecule has 2 N–H and O–H groups in total. The van der Waals surface area contributed by atoms with Crippen LogP contribution in [0.1, 0.15) is 18.4 Å². The first kappa shape index (κ1) is 16.1. The SMILES string of the molecule is CCOc1cccc2[nH]cc(Cc3nc(-c4cc(NC)ncn4)no3)c12. The second-order valence-electron chi connectivity index (χ2n) is 5.65. The Morgan fingerprint density at radius 3 is 3.04 bits per heavy atom. The van der Waals surface area contributed by atoms with Crippen molar-refractivity contribution in [3.05, 3.63) is 48.2 Å². The molecule has 0 atom stereocenters. The highest BCUT2D eigenvalue weighted by Crippen LogP contribution is 2.30. The third-order valence-corrected chi connectivity index (χ3v) is 4.01. The Kier molecular flexibility index (Phi) is 4.22. The van der Waals surface area contributed by atoms with E-state index in [1.54, 1.807) is 13.1 Å². The van der Waals surface area contributed by atoms with Gasteiger partial charge in [-0.3, -0.25) is 0 Å². The van der Waals surface area contributed by atoms with Gasteiger partial charge in [-0.2, -0.15) is 4.98 Å². The van der Waals surface area contributed by atoms with E-state index in [0.717, 1.165) is 22.2 Å². The number of benzene rings is 1. The van der Waals surface area contributed by atoms with Gasteiger partial charge in [0.1, 0.15) is 23.6 Å². The molecular weight excluding hydrogens is 332 g/mol. The Hall–Kier alpha value is -3.42. The van der Waals surface area contributed by atoms with Crippen LogP contribution in [0, 0.1) is 0 Å². The zero-order chi connectivity index (χ0) is 17.9. The first-order valence-corrected chi connectivity index (χ1v) is 8.33. The molecule has 0 aliphatic heterocycles. The van der Waals surface area contributed by atoms with E-state index < -0.39 is 0 Å². The van der Waals surface area contributed by atoms with Crippen LogP contribution < -0.4 is 10.1 Å². The Morgan fingerprint density at radius 2 is 2.19 bits per heavy atom. The van der Waals surface area contributed by atoms with Crippen LogP contribution >= 0.6 is 0 Å². The minimum Gasteiger partial charge on any atom is -0.493 e. The number of fused-ring (bicyclic) bond motifs is 1. The summed E-state index contributed by atoms with van der Waals surface area (Å²) in [7, 11) is 1.79. The molecule has 3 heterocycles. The molecular formula is C18H18N6O2. The fraction of sp³-hybridized carbons (Fsp3) is 0.222. The van der Waals surface area contributed by atoms with Crippen LogP contribution in [-0.4, -0.2) is 38.7 Å². The maximum atomic E-state index is 5.75. The average Bonchev–Trinajstić information content (AvgIpc) is 3.30. The number of nitrogens with zero attached hydrogens (tertiary/aromatic N) is 4. The third-order valence-electron chi connectivity index (χ3n) is 4.01. The molecule has 0 aliphatic carbocycles. The molecule has 0 bridgehead atoms. The number of anilines is 1. The van der Waals surface area contributed by atoms with Crippen molar-refractivity contribution >= 4 is 16.7 Å². The van der Waals surface area contributed by atoms with E-state index in [2.05, 4.69) is 30.4 Å². The van der Waals surface area contributed by atoms with Crippen LogP contribution in [0.2, 0.25) is 0 Å². The number of nitrogens with one attached hydrogen (secondary N) is 2. The molecule has 8 nitrogen and oxygen atoms in total. The van der Waals surface area contributed by atoms with Crippen molar-refractivity contribution in [2.24, 2.45) is 0 Å². The Bertz CT molecular complexity index is 1040. The topological polar surface area (TPSA) is 102 Å². The molecule has 0 saturated carbocycles. The second kappa shape index (κ2) is 6.83. The van der Waals surface area contributed by atoms with Gasteiger partial charge in [0.05, 0.1) is 13.0 Å². The minimum absolute atomic E-state index is 0.434. The fourth-order valence-electron chi connectivity index (χ4n) is 2.84. The lowest BCUT2D eigenvalue weighted by molar-refractivity contribution is 0.344. The molecule has 3 aromatic heterocycles. The van der Waals surface area contributed by atoms with Gasteiger partial charge in [-0.15, -0.1) is 0 Å². The molecule has 132 valence electrons. The highest BCUT2D eigenvalue weighted by Gasteiger charge is 2.15. The van der Waals surface area contributed by atoms with Crippen molar-refractivity contribution in [2.45, 2.75) is 13.3 Å². The van der Waals surface area contributed by atoms with Crippen molar-refractivity contribution in [1.82, 2.24) is 25.1 Å². The van der Waals surface area contributed by atoms with Crippen molar-refractivity contribution in [3.63, 3.8) is 0 Å². The van der Waals surface area contributed by atoms with E-state index in [4.69, 9.17) is 9.26 Å². The molecule has 0 fully saturated rings. The van der Waals surface area contributed by atoms with Gasteiger partial charge in [0.25, 0.3) is 0 Å². The molecule has 0 radical (unpaired) electrons. The smallest absolute Gasteiger partial charge is 0.231 e. The third kappa shape index (κ3) is 2.97. The first-order valence-electron chi connectivity index (χ1n) is 8.33. The number of rotatable bonds is 6. The van der Waals surface area contributed by atoms with Gasteiger partial charge in [-0.25, -0.2) is 9.97 Å². The van der Waals surface area contributed by atoms with Crippen LogP contribution in [-0.2, 0) is 6.42 Å². The van der Waals surface area contributed by atoms with Gasteiger partial charge in [0.2, 0.25) is 11.7 Å². The van der Waals surface area contributed by atoms with Crippen LogP contribution in [0.15, 0.2) is 41.3 Å². The van der Waals surface area contributed by atoms with Crippen LogP contribution in [0.4, 0.5) is 5.82 Å². The largest absolute Gasteiger partial charge is 0.493 e. The highest BCUT2D eigenvalue weighted by molar-refractivity contribution is 5.89. The lowest BCUT2D eigenvalue weighted by atomic mass is 10.1. The fourth-order valence-corrected chi connectivity index (χ4v) is 2.84. The molecule has 0 spiro atoms. The van der Waals surface area contributed by atoms with Crippen LogP contribution in [0.3, 0.4) is 0 Å². The van der Waals surface area contributed by atoms with E-state index in [-0.39, 0.29) is 0 Å². The van der Waals surface area contributed by atoms with Crippen molar-refractivity contribution in [1.29, 1.82) is 0 Å². The van der Waals surface area contributed by atoms with Gasteiger partial charge in [0.15, 0.2) is 0 Å². The molecule has 0 aliphatic rings. The molecule has 1 aromatic carbocycles. The number of hydrogen-bond donors (Lipinski definition) is 2. The zero-order valence-electron chi connectivity index (χ0n) is 14.5. The Labute approximate surface area is 149 Å². The number of H-pyrrole nitrogens is 1. The zero-order valence-corrected chi connectivity index (χ0v) is 14.5. The maximum Gasteiger partial charge on any atom is 0.231 e. The van der Waals surface area contributed by atoms with Gasteiger partial charge in [-0.05, 0) is 24.6 Å². The lowest BCUT2D eigenvalue weighted by Crippen LogP contribution is -1.95. The number of aromatic nitrogens is 5. The van der Waals surface area contributed by atoms with Gasteiger partial charge in [0, 0.05) is 30.2 Å². The summed E-state index contributed by atoms with van der Waals surface area (Å²) in [6.07, 6.45) is 3.91. The molecule has 26 heavy (non-hydrogen) atoms. The first-order chi connectivity index (χ1) is 12.8. The number of aromatic amines is 1. The van der Waals surface area contributed by atoms with Gasteiger partial charge in [-0.1, -0.05) is 11.2 Å². The summed E-state index contributed by atoms with van der Waals surface area (Å²) in [5.74, 6) is 2.48. The maximum absolute atomic E-state index is 5.75. The average molecular weight is 350 g/mol.